The number of para-hydroxylation sites is 1. The molecule has 1 N–H and O–H groups in total. The summed E-state index contributed by atoms with van der Waals surface area (Å²) in [6, 6.07) is 21.9. The molecule has 0 amide bonds. The van der Waals surface area contributed by atoms with Crippen LogP contribution < -0.4 is 0 Å². The maximum absolute atomic E-state index is 10.6. The average Bonchev–Trinajstić information content (AvgIpc) is 3.06. The summed E-state index contributed by atoms with van der Waals surface area (Å²) >= 11 is 0. The number of hydrogen-bond acceptors (Lipinski definition) is 3. The van der Waals surface area contributed by atoms with Crippen molar-refractivity contribution < 1.29 is 9.94 Å². The number of phenolic OH excluding ortho intramolecular Hbond substituents is 1. The van der Waals surface area contributed by atoms with Gasteiger partial charge in [0.25, 0.3) is 0 Å². The molecular formula is C24H23NO2. The van der Waals surface area contributed by atoms with Gasteiger partial charge in [-0.25, -0.2) is 0 Å². The first-order chi connectivity index (χ1) is 13.1. The molecule has 0 unspecified atom stereocenters. The van der Waals surface area contributed by atoms with Gasteiger partial charge in [0.15, 0.2) is 6.10 Å². The van der Waals surface area contributed by atoms with Crippen LogP contribution in [0.2, 0.25) is 0 Å². The van der Waals surface area contributed by atoms with Gasteiger partial charge in [-0.05, 0) is 43.5 Å². The maximum Gasteiger partial charge on any atom is 0.165 e. The second-order valence-electron chi connectivity index (χ2n) is 7.22. The molecule has 3 aromatic rings. The fraction of sp³-hybridized carbons (Fsp3) is 0.208. The summed E-state index contributed by atoms with van der Waals surface area (Å²) in [4.78, 5) is 5.95. The number of phenols is 1. The monoisotopic (exact) mass is 357 g/mol. The fourth-order valence-electron chi connectivity index (χ4n) is 4.12. The third-order valence-corrected chi connectivity index (χ3v) is 5.20. The first kappa shape index (κ1) is 17.3. The van der Waals surface area contributed by atoms with Gasteiger partial charge in [0.2, 0.25) is 0 Å². The molecule has 0 spiro atoms. The number of rotatable bonds is 3. The number of hydrogen-bond donors (Lipinski definition) is 1. The van der Waals surface area contributed by atoms with Gasteiger partial charge in [-0.2, -0.15) is 0 Å². The van der Waals surface area contributed by atoms with Gasteiger partial charge in [0.05, 0.1) is 11.6 Å². The van der Waals surface area contributed by atoms with Gasteiger partial charge in [-0.1, -0.05) is 71.4 Å². The molecule has 3 aromatic carbocycles. The molecule has 0 radical (unpaired) electrons. The van der Waals surface area contributed by atoms with E-state index in [0.29, 0.717) is 0 Å². The minimum atomic E-state index is -0.269. The van der Waals surface area contributed by atoms with Crippen molar-refractivity contribution in [1.29, 1.82) is 0 Å². The van der Waals surface area contributed by atoms with Crippen LogP contribution in [0.5, 0.6) is 5.75 Å². The highest BCUT2D eigenvalue weighted by molar-refractivity contribution is 6.08. The van der Waals surface area contributed by atoms with Crippen molar-refractivity contribution in [3.8, 4) is 5.75 Å². The largest absolute Gasteiger partial charge is 0.508 e. The molecule has 0 bridgehead atoms. The molecule has 0 fully saturated rings. The Labute approximate surface area is 159 Å². The predicted molar refractivity (Wildman–Crippen MR) is 108 cm³/mol. The lowest BCUT2D eigenvalue weighted by Crippen LogP contribution is -2.18. The molecule has 4 rings (SSSR count). The van der Waals surface area contributed by atoms with Crippen molar-refractivity contribution >= 4 is 5.71 Å². The Morgan fingerprint density at radius 1 is 0.852 bits per heavy atom. The van der Waals surface area contributed by atoms with E-state index in [0.717, 1.165) is 22.4 Å². The van der Waals surface area contributed by atoms with E-state index in [1.165, 1.54) is 16.7 Å². The van der Waals surface area contributed by atoms with Crippen molar-refractivity contribution in [1.82, 2.24) is 0 Å². The zero-order chi connectivity index (χ0) is 19.0. The number of aromatic hydroxyl groups is 1. The van der Waals surface area contributed by atoms with Crippen molar-refractivity contribution in [3.63, 3.8) is 0 Å². The predicted octanol–water partition coefficient (Wildman–Crippen LogP) is 5.58. The molecular weight excluding hydrogens is 334 g/mol. The summed E-state index contributed by atoms with van der Waals surface area (Å²) in [5.41, 5.74) is 7.43. The van der Waals surface area contributed by atoms with E-state index in [1.807, 2.05) is 48.5 Å². The zero-order valence-corrected chi connectivity index (χ0v) is 15.8. The molecule has 0 aliphatic carbocycles. The number of nitrogens with zero attached hydrogens (tertiary/aromatic N) is 1. The third-order valence-electron chi connectivity index (χ3n) is 5.20. The molecule has 1 aliphatic heterocycles. The maximum atomic E-state index is 10.6. The first-order valence-corrected chi connectivity index (χ1v) is 9.21. The zero-order valence-electron chi connectivity index (χ0n) is 15.8. The molecule has 0 saturated carbocycles. The normalized spacial score (nSPS) is 18.9. The molecule has 2 atom stereocenters. The van der Waals surface area contributed by atoms with Crippen LogP contribution in [0, 0.1) is 20.8 Å². The summed E-state index contributed by atoms with van der Waals surface area (Å²) in [5.74, 6) is 0.0951. The van der Waals surface area contributed by atoms with E-state index < -0.39 is 0 Å². The van der Waals surface area contributed by atoms with Crippen molar-refractivity contribution in [3.05, 3.63) is 100 Å². The molecule has 1 aliphatic rings. The molecule has 3 nitrogen and oxygen atoms in total. The highest BCUT2D eigenvalue weighted by atomic mass is 16.6. The van der Waals surface area contributed by atoms with E-state index in [2.05, 4.69) is 38.1 Å². The molecule has 3 heteroatoms. The van der Waals surface area contributed by atoms with Crippen LogP contribution in [0.1, 0.15) is 45.4 Å². The molecule has 0 aromatic heterocycles. The minimum Gasteiger partial charge on any atom is -0.508 e. The van der Waals surface area contributed by atoms with Gasteiger partial charge in [0.1, 0.15) is 5.75 Å². The van der Waals surface area contributed by atoms with E-state index in [9.17, 15) is 5.11 Å². The van der Waals surface area contributed by atoms with Crippen LogP contribution in [-0.4, -0.2) is 10.8 Å². The smallest absolute Gasteiger partial charge is 0.165 e. The standard InChI is InChI=1S/C24H23NO2/c1-15-13-16(2)21(17(3)14-15)23-22(19-11-7-8-12-20(19)26)24(27-25-23)18-9-5-4-6-10-18/h4-14,22,24,26H,1-3H3/t22-,24+/m0/s1. The fourth-order valence-corrected chi connectivity index (χ4v) is 4.12. The Balaban J connectivity index is 1.88. The Kier molecular flexibility index (Phi) is 4.44. The Bertz CT molecular complexity index is 985. The van der Waals surface area contributed by atoms with Crippen molar-refractivity contribution in [2.75, 3.05) is 0 Å². The molecule has 1 heterocycles. The topological polar surface area (TPSA) is 41.8 Å². The van der Waals surface area contributed by atoms with Gasteiger partial charge < -0.3 is 9.94 Å². The first-order valence-electron chi connectivity index (χ1n) is 9.21. The number of oxime groups is 1. The van der Waals surface area contributed by atoms with Crippen LogP contribution in [0.25, 0.3) is 0 Å². The summed E-state index contributed by atoms with van der Waals surface area (Å²) in [7, 11) is 0. The molecule has 136 valence electrons. The second kappa shape index (κ2) is 6.92. The quantitative estimate of drug-likeness (QED) is 0.665. The third kappa shape index (κ3) is 3.10. The van der Waals surface area contributed by atoms with Crippen LogP contribution >= 0.6 is 0 Å². The summed E-state index contributed by atoms with van der Waals surface area (Å²) in [6.45, 7) is 6.31. The lowest BCUT2D eigenvalue weighted by atomic mass is 9.80. The molecule has 27 heavy (non-hydrogen) atoms. The van der Waals surface area contributed by atoms with E-state index in [1.54, 1.807) is 6.07 Å². The van der Waals surface area contributed by atoms with Crippen molar-refractivity contribution in [2.45, 2.75) is 32.8 Å². The summed E-state index contributed by atoms with van der Waals surface area (Å²) in [6.07, 6.45) is -0.269. The van der Waals surface area contributed by atoms with E-state index in [-0.39, 0.29) is 17.8 Å². The summed E-state index contributed by atoms with van der Waals surface area (Å²) in [5, 5.41) is 15.1. The highest BCUT2D eigenvalue weighted by Crippen LogP contribution is 2.45. The van der Waals surface area contributed by atoms with Crippen LogP contribution in [0.3, 0.4) is 0 Å². The Morgan fingerprint density at radius 2 is 1.48 bits per heavy atom. The lowest BCUT2D eigenvalue weighted by molar-refractivity contribution is 0.0759. The highest BCUT2D eigenvalue weighted by Gasteiger charge is 2.39. The van der Waals surface area contributed by atoms with Gasteiger partial charge in [-0.3, -0.25) is 0 Å². The SMILES string of the molecule is Cc1cc(C)c(C2=NO[C@H](c3ccccc3)[C@H]2c2ccccc2O)c(C)c1. The Hall–Kier alpha value is -3.07. The van der Waals surface area contributed by atoms with Gasteiger partial charge >= 0.3 is 0 Å². The number of benzene rings is 3. The minimum absolute atomic E-state index is 0.172. The van der Waals surface area contributed by atoms with Crippen LogP contribution in [0.4, 0.5) is 0 Å². The average molecular weight is 357 g/mol. The van der Waals surface area contributed by atoms with Crippen molar-refractivity contribution in [2.24, 2.45) is 5.16 Å². The van der Waals surface area contributed by atoms with Gasteiger partial charge in [-0.15, -0.1) is 0 Å². The van der Waals surface area contributed by atoms with Crippen LogP contribution in [-0.2, 0) is 4.84 Å². The lowest BCUT2D eigenvalue weighted by Gasteiger charge is -2.22. The van der Waals surface area contributed by atoms with Crippen LogP contribution in [0.15, 0.2) is 71.9 Å². The second-order valence-corrected chi connectivity index (χ2v) is 7.22. The Morgan fingerprint density at radius 3 is 2.15 bits per heavy atom. The summed E-state index contributed by atoms with van der Waals surface area (Å²) < 4.78 is 0. The molecule has 0 saturated heterocycles. The van der Waals surface area contributed by atoms with E-state index >= 15 is 0 Å². The van der Waals surface area contributed by atoms with E-state index in [4.69, 9.17) is 4.84 Å². The number of aryl methyl sites for hydroxylation is 3. The van der Waals surface area contributed by atoms with Gasteiger partial charge in [0, 0.05) is 11.1 Å².